The lowest BCUT2D eigenvalue weighted by atomic mass is 9.94. The minimum atomic E-state index is -0.290. The van der Waals surface area contributed by atoms with Gasteiger partial charge in [-0.15, -0.1) is 0 Å². The van der Waals surface area contributed by atoms with Crippen LogP contribution in [0.15, 0.2) is 54.9 Å². The number of aryl methyl sites for hydroxylation is 2. The third-order valence-electron chi connectivity index (χ3n) is 5.49. The Kier molecular flexibility index (Phi) is 4.12. The summed E-state index contributed by atoms with van der Waals surface area (Å²) >= 11 is 0. The summed E-state index contributed by atoms with van der Waals surface area (Å²) in [7, 11) is 0. The van der Waals surface area contributed by atoms with E-state index >= 15 is 0 Å². The highest BCUT2D eigenvalue weighted by atomic mass is 16.2. The second-order valence-corrected chi connectivity index (χ2v) is 7.46. The van der Waals surface area contributed by atoms with Gasteiger partial charge in [0.05, 0.1) is 17.6 Å². The number of aromatic amines is 1. The maximum atomic E-state index is 13.4. The highest BCUT2D eigenvalue weighted by Crippen LogP contribution is 2.38. The number of nitrogens with one attached hydrogen (secondary N) is 1. The molecule has 0 unspecified atom stereocenters. The Morgan fingerprint density at radius 2 is 1.90 bits per heavy atom. The molecule has 0 bridgehead atoms. The van der Waals surface area contributed by atoms with Gasteiger partial charge in [-0.05, 0) is 44.0 Å². The van der Waals surface area contributed by atoms with Crippen molar-refractivity contribution in [1.29, 1.82) is 0 Å². The van der Waals surface area contributed by atoms with E-state index in [4.69, 9.17) is 4.98 Å². The van der Waals surface area contributed by atoms with Crippen LogP contribution in [0.25, 0.3) is 10.9 Å². The van der Waals surface area contributed by atoms with Crippen molar-refractivity contribution in [2.75, 3.05) is 6.54 Å². The second kappa shape index (κ2) is 6.81. The number of H-pyrrole nitrogens is 1. The standard InChI is InChI=1S/C23H21N5O/c1-14-6-5-9-19(26-14)22-21-17(16-7-3-4-8-18(16)27-21)10-11-28(22)23(29)20-13-24-15(2)12-25-20/h3-9,12-13,22,27H,10-11H2,1-2H3/t22-/m0/s1. The molecule has 29 heavy (non-hydrogen) atoms. The zero-order valence-corrected chi connectivity index (χ0v) is 16.4. The molecule has 0 radical (unpaired) electrons. The van der Waals surface area contributed by atoms with Crippen molar-refractivity contribution in [3.8, 4) is 0 Å². The molecule has 1 amide bonds. The predicted molar refractivity (Wildman–Crippen MR) is 111 cm³/mol. The third-order valence-corrected chi connectivity index (χ3v) is 5.49. The lowest BCUT2D eigenvalue weighted by Crippen LogP contribution is -2.41. The largest absolute Gasteiger partial charge is 0.356 e. The number of pyridine rings is 1. The van der Waals surface area contributed by atoms with E-state index in [2.05, 4.69) is 33.2 Å². The summed E-state index contributed by atoms with van der Waals surface area (Å²) in [5, 5.41) is 1.21. The minimum absolute atomic E-state index is 0.130. The van der Waals surface area contributed by atoms with Crippen LogP contribution in [0.5, 0.6) is 0 Å². The fourth-order valence-corrected chi connectivity index (χ4v) is 4.13. The number of rotatable bonds is 2. The monoisotopic (exact) mass is 383 g/mol. The van der Waals surface area contributed by atoms with Gasteiger partial charge in [0.2, 0.25) is 0 Å². The third kappa shape index (κ3) is 2.97. The fourth-order valence-electron chi connectivity index (χ4n) is 4.13. The van der Waals surface area contributed by atoms with Crippen molar-refractivity contribution in [3.05, 3.63) is 88.9 Å². The molecule has 3 aromatic heterocycles. The summed E-state index contributed by atoms with van der Waals surface area (Å²) < 4.78 is 0. The van der Waals surface area contributed by atoms with Gasteiger partial charge in [0.15, 0.2) is 0 Å². The van der Waals surface area contributed by atoms with Gasteiger partial charge in [-0.1, -0.05) is 24.3 Å². The number of nitrogens with zero attached hydrogens (tertiary/aromatic N) is 4. The van der Waals surface area contributed by atoms with E-state index in [1.807, 2.05) is 43.0 Å². The van der Waals surface area contributed by atoms with Gasteiger partial charge >= 0.3 is 0 Å². The number of hydrogen-bond acceptors (Lipinski definition) is 4. The van der Waals surface area contributed by atoms with Gasteiger partial charge in [0.1, 0.15) is 11.7 Å². The number of amides is 1. The molecule has 1 aliphatic heterocycles. The van der Waals surface area contributed by atoms with Crippen LogP contribution < -0.4 is 0 Å². The number of carbonyl (C=O) groups excluding carboxylic acids is 1. The maximum absolute atomic E-state index is 13.4. The predicted octanol–water partition coefficient (Wildman–Crippen LogP) is 3.76. The molecule has 6 nitrogen and oxygen atoms in total. The Balaban J connectivity index is 1.66. The Hall–Kier alpha value is -3.54. The summed E-state index contributed by atoms with van der Waals surface area (Å²) in [4.78, 5) is 32.1. The Morgan fingerprint density at radius 1 is 1.03 bits per heavy atom. The van der Waals surface area contributed by atoms with Crippen LogP contribution in [0.1, 0.15) is 44.9 Å². The van der Waals surface area contributed by atoms with E-state index in [1.54, 1.807) is 12.4 Å². The van der Waals surface area contributed by atoms with Crippen LogP contribution in [-0.4, -0.2) is 37.3 Å². The normalized spacial score (nSPS) is 16.1. The highest BCUT2D eigenvalue weighted by molar-refractivity contribution is 5.93. The first-order valence-electron chi connectivity index (χ1n) is 9.74. The van der Waals surface area contributed by atoms with Crippen LogP contribution >= 0.6 is 0 Å². The van der Waals surface area contributed by atoms with Crippen LogP contribution in [0.4, 0.5) is 0 Å². The number of fused-ring (bicyclic) bond motifs is 3. The van der Waals surface area contributed by atoms with E-state index < -0.39 is 0 Å². The van der Waals surface area contributed by atoms with Crippen molar-refractivity contribution in [2.24, 2.45) is 0 Å². The first kappa shape index (κ1) is 17.6. The van der Waals surface area contributed by atoms with E-state index in [-0.39, 0.29) is 11.9 Å². The molecule has 0 spiro atoms. The van der Waals surface area contributed by atoms with Crippen molar-refractivity contribution in [1.82, 2.24) is 24.8 Å². The summed E-state index contributed by atoms with van der Waals surface area (Å²) in [6.45, 7) is 4.43. The molecular weight excluding hydrogens is 362 g/mol. The second-order valence-electron chi connectivity index (χ2n) is 7.46. The number of carbonyl (C=O) groups is 1. The average molecular weight is 383 g/mol. The van der Waals surface area contributed by atoms with Crippen LogP contribution in [0.3, 0.4) is 0 Å². The molecule has 0 saturated heterocycles. The summed E-state index contributed by atoms with van der Waals surface area (Å²) in [5.74, 6) is -0.130. The first-order valence-corrected chi connectivity index (χ1v) is 9.74. The fraction of sp³-hybridized carbons (Fsp3) is 0.217. The van der Waals surface area contributed by atoms with Crippen LogP contribution in [-0.2, 0) is 6.42 Å². The molecule has 4 aromatic rings. The Bertz CT molecular complexity index is 1210. The molecule has 6 heteroatoms. The zero-order valence-electron chi connectivity index (χ0n) is 16.4. The molecule has 1 aromatic carbocycles. The number of para-hydroxylation sites is 1. The van der Waals surface area contributed by atoms with Gasteiger partial charge < -0.3 is 9.88 Å². The average Bonchev–Trinajstić information content (AvgIpc) is 3.12. The summed E-state index contributed by atoms with van der Waals surface area (Å²) in [6, 6.07) is 13.9. The lowest BCUT2D eigenvalue weighted by Gasteiger charge is -2.35. The summed E-state index contributed by atoms with van der Waals surface area (Å²) in [5.41, 5.74) is 6.29. The molecular formula is C23H21N5O. The van der Waals surface area contributed by atoms with Crippen LogP contribution in [0, 0.1) is 13.8 Å². The Morgan fingerprint density at radius 3 is 2.69 bits per heavy atom. The van der Waals surface area contributed by atoms with Gasteiger partial charge in [0.25, 0.3) is 5.91 Å². The SMILES string of the molecule is Cc1cnc(C(=O)N2CCc3c([nH]c4ccccc34)[C@@H]2c2cccc(C)n2)cn1. The highest BCUT2D eigenvalue weighted by Gasteiger charge is 2.36. The van der Waals surface area contributed by atoms with Crippen molar-refractivity contribution < 1.29 is 4.79 Å². The zero-order chi connectivity index (χ0) is 20.0. The molecule has 1 N–H and O–H groups in total. The molecule has 0 saturated carbocycles. The van der Waals surface area contributed by atoms with E-state index in [9.17, 15) is 4.79 Å². The number of aromatic nitrogens is 4. The van der Waals surface area contributed by atoms with Crippen molar-refractivity contribution >= 4 is 16.8 Å². The molecule has 5 rings (SSSR count). The quantitative estimate of drug-likeness (QED) is 0.572. The topological polar surface area (TPSA) is 74.8 Å². The van der Waals surface area contributed by atoms with Gasteiger partial charge in [-0.3, -0.25) is 14.8 Å². The first-order chi connectivity index (χ1) is 14.1. The van der Waals surface area contributed by atoms with Crippen molar-refractivity contribution in [3.63, 3.8) is 0 Å². The van der Waals surface area contributed by atoms with E-state index in [0.29, 0.717) is 12.2 Å². The van der Waals surface area contributed by atoms with Gasteiger partial charge in [-0.25, -0.2) is 4.98 Å². The Labute approximate surface area is 168 Å². The molecule has 1 aliphatic rings. The molecule has 144 valence electrons. The van der Waals surface area contributed by atoms with Gasteiger partial charge in [-0.2, -0.15) is 0 Å². The minimum Gasteiger partial charge on any atom is -0.356 e. The molecule has 1 atom stereocenters. The molecule has 0 aliphatic carbocycles. The smallest absolute Gasteiger partial charge is 0.274 e. The van der Waals surface area contributed by atoms with E-state index in [0.717, 1.165) is 34.7 Å². The molecule has 4 heterocycles. The number of benzene rings is 1. The summed E-state index contributed by atoms with van der Waals surface area (Å²) in [6.07, 6.45) is 3.97. The van der Waals surface area contributed by atoms with Crippen molar-refractivity contribution in [2.45, 2.75) is 26.3 Å². The van der Waals surface area contributed by atoms with Crippen LogP contribution in [0.2, 0.25) is 0 Å². The molecule has 0 fully saturated rings. The van der Waals surface area contributed by atoms with E-state index in [1.165, 1.54) is 10.9 Å². The number of hydrogen-bond donors (Lipinski definition) is 1. The lowest BCUT2D eigenvalue weighted by molar-refractivity contribution is 0.0682. The van der Waals surface area contributed by atoms with Gasteiger partial charge in [0, 0.05) is 35.0 Å². The maximum Gasteiger partial charge on any atom is 0.274 e.